The average Bonchev–Trinajstić information content (AvgIpc) is 2.60. The van der Waals surface area contributed by atoms with Crippen LogP contribution < -0.4 is 10.1 Å². The van der Waals surface area contributed by atoms with Gasteiger partial charge in [-0.3, -0.25) is 4.79 Å². The Hall–Kier alpha value is -2.46. The normalized spacial score (nSPS) is 10.5. The number of fused-ring (bicyclic) bond motifs is 1. The number of hydrogen-bond acceptors (Lipinski definition) is 3. The Labute approximate surface area is 139 Å². The summed E-state index contributed by atoms with van der Waals surface area (Å²) in [6, 6.07) is 21.5. The summed E-state index contributed by atoms with van der Waals surface area (Å²) in [6.07, 6.45) is 2.02. The maximum Gasteiger partial charge on any atom is 0.262 e. The minimum atomic E-state index is -0.171. The highest BCUT2D eigenvalue weighted by Gasteiger charge is 2.06. The molecule has 4 heteroatoms. The van der Waals surface area contributed by atoms with Crippen LogP contribution in [0.25, 0.3) is 10.8 Å². The monoisotopic (exact) mass is 323 g/mol. The van der Waals surface area contributed by atoms with Crippen molar-refractivity contribution in [3.63, 3.8) is 0 Å². The van der Waals surface area contributed by atoms with Gasteiger partial charge in [0.25, 0.3) is 5.91 Å². The van der Waals surface area contributed by atoms with Gasteiger partial charge < -0.3 is 10.1 Å². The van der Waals surface area contributed by atoms with Crippen molar-refractivity contribution >= 4 is 34.1 Å². The third-order valence-electron chi connectivity index (χ3n) is 3.48. The SMILES string of the molecule is CSc1ccc(NC(=O)COc2cccc3ccccc23)cc1. The second-order valence-corrected chi connectivity index (χ2v) is 5.92. The highest BCUT2D eigenvalue weighted by Crippen LogP contribution is 2.25. The molecule has 0 saturated heterocycles. The van der Waals surface area contributed by atoms with Gasteiger partial charge in [-0.1, -0.05) is 36.4 Å². The molecular weight excluding hydrogens is 306 g/mol. The number of carbonyl (C=O) groups is 1. The number of benzene rings is 3. The molecule has 0 saturated carbocycles. The van der Waals surface area contributed by atoms with Gasteiger partial charge in [0.2, 0.25) is 0 Å². The molecule has 0 unspecified atom stereocenters. The van der Waals surface area contributed by atoms with Crippen molar-refractivity contribution in [2.24, 2.45) is 0 Å². The molecule has 0 heterocycles. The summed E-state index contributed by atoms with van der Waals surface area (Å²) < 4.78 is 5.68. The minimum Gasteiger partial charge on any atom is -0.483 e. The Morgan fingerprint density at radius 2 is 1.74 bits per heavy atom. The zero-order valence-corrected chi connectivity index (χ0v) is 13.6. The van der Waals surface area contributed by atoms with E-state index in [1.165, 1.54) is 0 Å². The van der Waals surface area contributed by atoms with Crippen LogP contribution in [0, 0.1) is 0 Å². The van der Waals surface area contributed by atoms with Crippen LogP contribution in [-0.4, -0.2) is 18.8 Å². The van der Waals surface area contributed by atoms with Gasteiger partial charge in [-0.15, -0.1) is 11.8 Å². The lowest BCUT2D eigenvalue weighted by molar-refractivity contribution is -0.118. The molecule has 0 aromatic heterocycles. The lowest BCUT2D eigenvalue weighted by atomic mass is 10.1. The third kappa shape index (κ3) is 3.85. The van der Waals surface area contributed by atoms with Gasteiger partial charge in [-0.05, 0) is 42.0 Å². The number of nitrogens with one attached hydrogen (secondary N) is 1. The number of carbonyl (C=O) groups excluding carboxylic acids is 1. The first-order chi connectivity index (χ1) is 11.3. The molecule has 3 aromatic carbocycles. The zero-order valence-electron chi connectivity index (χ0n) is 12.8. The molecule has 1 N–H and O–H groups in total. The van der Waals surface area contributed by atoms with Crippen LogP contribution in [0.3, 0.4) is 0 Å². The van der Waals surface area contributed by atoms with Crippen molar-refractivity contribution in [2.45, 2.75) is 4.90 Å². The Morgan fingerprint density at radius 3 is 2.52 bits per heavy atom. The lowest BCUT2D eigenvalue weighted by Crippen LogP contribution is -2.20. The number of hydrogen-bond donors (Lipinski definition) is 1. The van der Waals surface area contributed by atoms with Crippen molar-refractivity contribution < 1.29 is 9.53 Å². The molecule has 0 aliphatic carbocycles. The van der Waals surface area contributed by atoms with Gasteiger partial charge in [0.15, 0.2) is 6.61 Å². The van der Waals surface area contributed by atoms with E-state index < -0.39 is 0 Å². The molecule has 0 aliphatic rings. The first kappa shape index (κ1) is 15.4. The quantitative estimate of drug-likeness (QED) is 0.699. The largest absolute Gasteiger partial charge is 0.483 e. The van der Waals surface area contributed by atoms with Crippen molar-refractivity contribution in [1.82, 2.24) is 0 Å². The number of anilines is 1. The third-order valence-corrected chi connectivity index (χ3v) is 4.23. The fourth-order valence-corrected chi connectivity index (χ4v) is 2.74. The average molecular weight is 323 g/mol. The fraction of sp³-hybridized carbons (Fsp3) is 0.105. The summed E-state index contributed by atoms with van der Waals surface area (Å²) in [6.45, 7) is -0.0156. The fourth-order valence-electron chi connectivity index (χ4n) is 2.34. The van der Waals surface area contributed by atoms with Crippen LogP contribution in [0.1, 0.15) is 0 Å². The van der Waals surface area contributed by atoms with Crippen molar-refractivity contribution in [3.8, 4) is 5.75 Å². The number of thioether (sulfide) groups is 1. The van der Waals surface area contributed by atoms with Crippen molar-refractivity contribution in [2.75, 3.05) is 18.2 Å². The van der Waals surface area contributed by atoms with Crippen LogP contribution in [0.5, 0.6) is 5.75 Å². The zero-order chi connectivity index (χ0) is 16.1. The maximum absolute atomic E-state index is 12.0. The summed E-state index contributed by atoms with van der Waals surface area (Å²) in [7, 11) is 0. The molecule has 3 aromatic rings. The molecule has 0 spiro atoms. The molecular formula is C19H17NO2S. The molecule has 3 rings (SSSR count). The smallest absolute Gasteiger partial charge is 0.262 e. The molecule has 0 fully saturated rings. The summed E-state index contributed by atoms with van der Waals surface area (Å²) in [4.78, 5) is 13.2. The molecule has 0 atom stereocenters. The van der Waals surface area contributed by atoms with Crippen LogP contribution in [-0.2, 0) is 4.79 Å². The minimum absolute atomic E-state index is 0.0156. The highest BCUT2D eigenvalue weighted by atomic mass is 32.2. The summed E-state index contributed by atoms with van der Waals surface area (Å²) in [5.74, 6) is 0.547. The molecule has 0 radical (unpaired) electrons. The van der Waals surface area contributed by atoms with E-state index in [-0.39, 0.29) is 12.5 Å². The van der Waals surface area contributed by atoms with Gasteiger partial charge >= 0.3 is 0 Å². The van der Waals surface area contributed by atoms with Crippen LogP contribution >= 0.6 is 11.8 Å². The second kappa shape index (κ2) is 7.20. The lowest BCUT2D eigenvalue weighted by Gasteiger charge is -2.10. The van der Waals surface area contributed by atoms with Gasteiger partial charge in [0, 0.05) is 16.0 Å². The predicted molar refractivity (Wildman–Crippen MR) is 96.3 cm³/mol. The Morgan fingerprint density at radius 1 is 1.00 bits per heavy atom. The Kier molecular flexibility index (Phi) is 4.83. The van der Waals surface area contributed by atoms with Gasteiger partial charge in [-0.2, -0.15) is 0 Å². The molecule has 0 aliphatic heterocycles. The van der Waals surface area contributed by atoms with E-state index in [0.29, 0.717) is 0 Å². The van der Waals surface area contributed by atoms with Crippen LogP contribution in [0.15, 0.2) is 71.6 Å². The van der Waals surface area contributed by atoms with Crippen LogP contribution in [0.2, 0.25) is 0 Å². The first-order valence-corrected chi connectivity index (χ1v) is 8.53. The molecule has 0 bridgehead atoms. The van der Waals surface area contributed by atoms with E-state index in [9.17, 15) is 4.79 Å². The number of rotatable bonds is 5. The second-order valence-electron chi connectivity index (χ2n) is 5.04. The van der Waals surface area contributed by atoms with Crippen molar-refractivity contribution in [1.29, 1.82) is 0 Å². The van der Waals surface area contributed by atoms with Gasteiger partial charge in [0.1, 0.15) is 5.75 Å². The number of amides is 1. The predicted octanol–water partition coefficient (Wildman–Crippen LogP) is 4.58. The van der Waals surface area contributed by atoms with Gasteiger partial charge in [-0.25, -0.2) is 0 Å². The number of ether oxygens (including phenoxy) is 1. The maximum atomic E-state index is 12.0. The van der Waals surface area contributed by atoms with E-state index in [1.54, 1.807) is 11.8 Å². The van der Waals surface area contributed by atoms with E-state index >= 15 is 0 Å². The van der Waals surface area contributed by atoms with E-state index in [0.717, 1.165) is 27.1 Å². The topological polar surface area (TPSA) is 38.3 Å². The standard InChI is InChI=1S/C19H17NO2S/c1-23-16-11-9-15(10-12-16)20-19(21)13-22-18-8-4-6-14-5-2-3-7-17(14)18/h2-12H,13H2,1H3,(H,20,21). The first-order valence-electron chi connectivity index (χ1n) is 7.31. The van der Waals surface area contributed by atoms with Crippen LogP contribution in [0.4, 0.5) is 5.69 Å². The summed E-state index contributed by atoms with van der Waals surface area (Å²) in [5, 5.41) is 4.94. The Bertz CT molecular complexity index is 810. The van der Waals surface area contributed by atoms with E-state index in [1.807, 2.05) is 73.0 Å². The molecule has 1 amide bonds. The molecule has 116 valence electrons. The summed E-state index contributed by atoms with van der Waals surface area (Å²) >= 11 is 1.67. The van der Waals surface area contributed by atoms with Crippen molar-refractivity contribution in [3.05, 3.63) is 66.7 Å². The summed E-state index contributed by atoms with van der Waals surface area (Å²) in [5.41, 5.74) is 0.773. The van der Waals surface area contributed by atoms with E-state index in [4.69, 9.17) is 4.74 Å². The van der Waals surface area contributed by atoms with Gasteiger partial charge in [0.05, 0.1) is 0 Å². The molecule has 3 nitrogen and oxygen atoms in total. The highest BCUT2D eigenvalue weighted by molar-refractivity contribution is 7.98. The molecule has 23 heavy (non-hydrogen) atoms. The van der Waals surface area contributed by atoms with E-state index in [2.05, 4.69) is 5.32 Å². The Balaban J connectivity index is 1.63.